The molecule has 2 fully saturated rings. The van der Waals surface area contributed by atoms with Crippen molar-refractivity contribution in [2.45, 2.75) is 51.1 Å². The molecule has 0 amide bonds. The molecule has 1 aromatic carbocycles. The Hall–Kier alpha value is -0.240. The quantitative estimate of drug-likeness (QED) is 0.759. The highest BCUT2D eigenvalue weighted by Gasteiger charge is 2.42. The molecule has 2 aliphatic carbocycles. The average Bonchev–Trinajstić information content (AvgIpc) is 3.27. The van der Waals surface area contributed by atoms with Crippen molar-refractivity contribution < 1.29 is 0 Å². The lowest BCUT2D eigenvalue weighted by molar-refractivity contribution is 0.359. The summed E-state index contributed by atoms with van der Waals surface area (Å²) in [6.07, 6.45) is 6.73. The van der Waals surface area contributed by atoms with Crippen molar-refractivity contribution in [3.63, 3.8) is 0 Å². The summed E-state index contributed by atoms with van der Waals surface area (Å²) in [6.45, 7) is 2.23. The first-order valence-electron chi connectivity index (χ1n) is 7.40. The lowest BCUT2D eigenvalue weighted by Crippen LogP contribution is -2.36. The molecule has 2 saturated carbocycles. The summed E-state index contributed by atoms with van der Waals surface area (Å²) in [5, 5.41) is 5.19. The van der Waals surface area contributed by atoms with Crippen LogP contribution in [0.25, 0.3) is 0 Å². The van der Waals surface area contributed by atoms with Crippen LogP contribution in [0.2, 0.25) is 10.0 Å². The maximum atomic E-state index is 6.14. The van der Waals surface area contributed by atoms with Gasteiger partial charge in [0.1, 0.15) is 0 Å². The van der Waals surface area contributed by atoms with E-state index in [0.717, 1.165) is 24.3 Å². The second-order valence-corrected chi connectivity index (χ2v) is 6.82. The molecule has 3 heteroatoms. The van der Waals surface area contributed by atoms with Crippen LogP contribution in [-0.2, 0) is 0 Å². The first-order chi connectivity index (χ1) is 9.19. The summed E-state index contributed by atoms with van der Waals surface area (Å²) < 4.78 is 0. The minimum Gasteiger partial charge on any atom is -0.307 e. The monoisotopic (exact) mass is 297 g/mol. The Kier molecular flexibility index (Phi) is 4.07. The fourth-order valence-electron chi connectivity index (χ4n) is 2.98. The predicted molar refractivity (Wildman–Crippen MR) is 81.9 cm³/mol. The Balaban J connectivity index is 1.73. The minimum absolute atomic E-state index is 0.404. The van der Waals surface area contributed by atoms with E-state index >= 15 is 0 Å². The van der Waals surface area contributed by atoms with E-state index in [0.29, 0.717) is 16.1 Å². The normalized spacial score (nSPS) is 20.8. The fraction of sp³-hybridized carbons (Fsp3) is 0.625. The highest BCUT2D eigenvalue weighted by atomic mass is 35.5. The van der Waals surface area contributed by atoms with Crippen LogP contribution in [0, 0.1) is 11.8 Å². The van der Waals surface area contributed by atoms with E-state index in [-0.39, 0.29) is 0 Å². The van der Waals surface area contributed by atoms with Crippen molar-refractivity contribution in [2.75, 3.05) is 0 Å². The van der Waals surface area contributed by atoms with Crippen LogP contribution in [0.15, 0.2) is 18.2 Å². The highest BCUT2D eigenvalue weighted by molar-refractivity contribution is 6.42. The van der Waals surface area contributed by atoms with Crippen LogP contribution in [0.4, 0.5) is 0 Å². The summed E-state index contributed by atoms with van der Waals surface area (Å²) in [6, 6.07) is 7.15. The first kappa shape index (κ1) is 13.7. The smallest absolute Gasteiger partial charge is 0.0595 e. The summed E-state index contributed by atoms with van der Waals surface area (Å²) in [7, 11) is 0. The number of hydrogen-bond donors (Lipinski definition) is 1. The summed E-state index contributed by atoms with van der Waals surface area (Å²) in [5.41, 5.74) is 1.27. The van der Waals surface area contributed by atoms with Crippen LogP contribution in [-0.4, -0.2) is 6.04 Å². The topological polar surface area (TPSA) is 12.0 Å². The zero-order valence-electron chi connectivity index (χ0n) is 11.3. The second-order valence-electron chi connectivity index (χ2n) is 6.00. The van der Waals surface area contributed by atoms with Gasteiger partial charge in [-0.3, -0.25) is 0 Å². The molecular formula is C16H21Cl2N. The molecule has 2 aliphatic rings. The standard InChI is InChI=1S/C16H21Cl2N/c1-2-15(12-7-8-13(17)14(18)9-12)19-16(10-3-4-10)11-5-6-11/h7-11,15-16,19H,2-6H2,1H3. The van der Waals surface area contributed by atoms with Gasteiger partial charge in [-0.05, 0) is 61.6 Å². The molecule has 1 atom stereocenters. The Morgan fingerprint density at radius 1 is 1.11 bits per heavy atom. The van der Waals surface area contributed by atoms with Gasteiger partial charge < -0.3 is 5.32 Å². The van der Waals surface area contributed by atoms with Crippen molar-refractivity contribution in [1.29, 1.82) is 0 Å². The number of hydrogen-bond acceptors (Lipinski definition) is 1. The Bertz CT molecular complexity index is 440. The van der Waals surface area contributed by atoms with Crippen molar-refractivity contribution in [2.24, 2.45) is 11.8 Å². The largest absolute Gasteiger partial charge is 0.307 e. The molecule has 0 saturated heterocycles. The molecule has 19 heavy (non-hydrogen) atoms. The number of nitrogens with one attached hydrogen (secondary N) is 1. The zero-order valence-corrected chi connectivity index (χ0v) is 12.8. The van der Waals surface area contributed by atoms with Crippen molar-refractivity contribution in [1.82, 2.24) is 5.32 Å². The number of halogens is 2. The highest BCUT2D eigenvalue weighted by Crippen LogP contribution is 2.45. The van der Waals surface area contributed by atoms with Crippen molar-refractivity contribution >= 4 is 23.2 Å². The van der Waals surface area contributed by atoms with E-state index in [1.54, 1.807) is 0 Å². The molecular weight excluding hydrogens is 277 g/mol. The van der Waals surface area contributed by atoms with Crippen molar-refractivity contribution in [3.05, 3.63) is 33.8 Å². The predicted octanol–water partition coefficient (Wildman–Crippen LogP) is 5.22. The molecule has 1 N–H and O–H groups in total. The van der Waals surface area contributed by atoms with Gasteiger partial charge in [0.05, 0.1) is 10.0 Å². The number of rotatable bonds is 6. The van der Waals surface area contributed by atoms with Crippen LogP contribution >= 0.6 is 23.2 Å². The maximum absolute atomic E-state index is 6.14. The summed E-state index contributed by atoms with van der Waals surface area (Å²) in [5.74, 6) is 1.84. The third-order valence-electron chi connectivity index (χ3n) is 4.41. The Labute approximate surface area is 125 Å². The maximum Gasteiger partial charge on any atom is 0.0595 e. The van der Waals surface area contributed by atoms with E-state index in [1.807, 2.05) is 12.1 Å². The van der Waals surface area contributed by atoms with E-state index in [1.165, 1.54) is 31.2 Å². The molecule has 1 aromatic rings. The molecule has 1 unspecified atom stereocenters. The van der Waals surface area contributed by atoms with Gasteiger partial charge in [-0.2, -0.15) is 0 Å². The average molecular weight is 298 g/mol. The molecule has 0 bridgehead atoms. The molecule has 0 radical (unpaired) electrons. The van der Waals surface area contributed by atoms with Gasteiger partial charge in [0.2, 0.25) is 0 Å². The van der Waals surface area contributed by atoms with Gasteiger partial charge in [-0.25, -0.2) is 0 Å². The minimum atomic E-state index is 0.404. The van der Waals surface area contributed by atoms with Crippen LogP contribution in [0.5, 0.6) is 0 Å². The lowest BCUT2D eigenvalue weighted by Gasteiger charge is -2.25. The van der Waals surface area contributed by atoms with E-state index in [9.17, 15) is 0 Å². The lowest BCUT2D eigenvalue weighted by atomic mass is 10.00. The van der Waals surface area contributed by atoms with Gasteiger partial charge in [0.15, 0.2) is 0 Å². The summed E-state index contributed by atoms with van der Waals surface area (Å²) in [4.78, 5) is 0. The second kappa shape index (κ2) is 5.63. The molecule has 104 valence electrons. The molecule has 0 spiro atoms. The van der Waals surface area contributed by atoms with Crippen LogP contribution in [0.1, 0.15) is 50.6 Å². The molecule has 0 aromatic heterocycles. The molecule has 0 aliphatic heterocycles. The zero-order chi connectivity index (χ0) is 13.4. The molecule has 0 heterocycles. The summed E-state index contributed by atoms with van der Waals surface area (Å²) >= 11 is 12.1. The van der Waals surface area contributed by atoms with Gasteiger partial charge >= 0.3 is 0 Å². The SMILES string of the molecule is CCC(NC(C1CC1)C1CC1)c1ccc(Cl)c(Cl)c1. The van der Waals surface area contributed by atoms with E-state index in [4.69, 9.17) is 23.2 Å². The Morgan fingerprint density at radius 2 is 1.74 bits per heavy atom. The third-order valence-corrected chi connectivity index (χ3v) is 5.15. The van der Waals surface area contributed by atoms with Gasteiger partial charge in [0.25, 0.3) is 0 Å². The first-order valence-corrected chi connectivity index (χ1v) is 8.15. The van der Waals surface area contributed by atoms with Gasteiger partial charge in [-0.1, -0.05) is 36.2 Å². The van der Waals surface area contributed by atoms with Crippen LogP contribution in [0.3, 0.4) is 0 Å². The Morgan fingerprint density at radius 3 is 2.21 bits per heavy atom. The number of benzene rings is 1. The third kappa shape index (κ3) is 3.26. The van der Waals surface area contributed by atoms with E-state index < -0.39 is 0 Å². The van der Waals surface area contributed by atoms with Gasteiger partial charge in [-0.15, -0.1) is 0 Å². The molecule has 3 rings (SSSR count). The van der Waals surface area contributed by atoms with E-state index in [2.05, 4.69) is 18.3 Å². The van der Waals surface area contributed by atoms with Crippen molar-refractivity contribution in [3.8, 4) is 0 Å². The fourth-order valence-corrected chi connectivity index (χ4v) is 3.29. The van der Waals surface area contributed by atoms with Gasteiger partial charge in [0, 0.05) is 12.1 Å². The molecule has 1 nitrogen and oxygen atoms in total. The van der Waals surface area contributed by atoms with Crippen LogP contribution < -0.4 is 5.32 Å².